The summed E-state index contributed by atoms with van der Waals surface area (Å²) in [6.45, 7) is 2.55. The van der Waals surface area contributed by atoms with Gasteiger partial charge in [-0.3, -0.25) is 0 Å². The molecule has 1 aromatic carbocycles. The van der Waals surface area contributed by atoms with Gasteiger partial charge in [0, 0.05) is 0 Å². The van der Waals surface area contributed by atoms with Gasteiger partial charge in [0.2, 0.25) is 0 Å². The molecule has 0 amide bonds. The second-order valence-corrected chi connectivity index (χ2v) is 4.12. The first-order chi connectivity index (χ1) is 9.85. The van der Waals surface area contributed by atoms with Crippen LogP contribution in [0.25, 0.3) is 10.9 Å². The van der Waals surface area contributed by atoms with Gasteiger partial charge in [0.15, 0.2) is 0 Å². The summed E-state index contributed by atoms with van der Waals surface area (Å²) in [7, 11) is 1.68. The molecule has 2 N–H and O–H groups in total. The van der Waals surface area contributed by atoms with Crippen LogP contribution in [0.1, 0.15) is 19.0 Å². The van der Waals surface area contributed by atoms with E-state index in [4.69, 9.17) is 5.53 Å². The van der Waals surface area contributed by atoms with Crippen LogP contribution < -0.4 is 5.23 Å². The molecule has 0 saturated carbocycles. The average Bonchev–Trinajstić information content (AvgIpc) is 2.50. The van der Waals surface area contributed by atoms with Crippen LogP contribution in [0.15, 0.2) is 41.5 Å². The standard InChI is InChI=1S/C15H15BN4/c1-2-3-6-11-18-16-15(20-17)14-10-9-12-7-4-5-8-13(12)19-14/h4-5,7-10,17-18H,2,11H2,1H3. The van der Waals surface area contributed by atoms with Gasteiger partial charge in [-0.25, -0.2) is 0 Å². The number of benzene rings is 1. The minimum absolute atomic E-state index is 0.494. The Kier molecular flexibility index (Phi) is 5.02. The quantitative estimate of drug-likeness (QED) is 0.384. The summed E-state index contributed by atoms with van der Waals surface area (Å²) in [5.74, 6) is 5.94. The zero-order chi connectivity index (χ0) is 14.2. The van der Waals surface area contributed by atoms with Crippen LogP contribution in [0.2, 0.25) is 0 Å². The van der Waals surface area contributed by atoms with Crippen LogP contribution in [0.5, 0.6) is 0 Å². The van der Waals surface area contributed by atoms with E-state index in [1.54, 1.807) is 7.06 Å². The predicted octanol–water partition coefficient (Wildman–Crippen LogP) is 2.37. The van der Waals surface area contributed by atoms with Crippen molar-refractivity contribution in [2.24, 2.45) is 5.11 Å². The third-order valence-corrected chi connectivity index (χ3v) is 2.71. The molecular weight excluding hydrogens is 247 g/mol. The van der Waals surface area contributed by atoms with Crippen molar-refractivity contribution in [3.63, 3.8) is 0 Å². The van der Waals surface area contributed by atoms with Gasteiger partial charge in [0.1, 0.15) is 0 Å². The number of nitrogens with zero attached hydrogens (tertiary/aromatic N) is 2. The van der Waals surface area contributed by atoms with Crippen LogP contribution in [0.4, 0.5) is 0 Å². The van der Waals surface area contributed by atoms with E-state index in [2.05, 4.69) is 27.2 Å². The van der Waals surface area contributed by atoms with Crippen molar-refractivity contribution in [3.8, 4) is 11.8 Å². The fourth-order valence-electron chi connectivity index (χ4n) is 1.76. The van der Waals surface area contributed by atoms with Crippen LogP contribution in [-0.4, -0.2) is 24.2 Å². The number of hydrogen-bond acceptors (Lipinski definition) is 4. The van der Waals surface area contributed by atoms with E-state index in [0.29, 0.717) is 17.8 Å². The first kappa shape index (κ1) is 13.9. The zero-order valence-corrected chi connectivity index (χ0v) is 11.4. The predicted molar refractivity (Wildman–Crippen MR) is 82.8 cm³/mol. The number of rotatable bonds is 4. The first-order valence-electron chi connectivity index (χ1n) is 6.48. The van der Waals surface area contributed by atoms with E-state index >= 15 is 0 Å². The summed E-state index contributed by atoms with van der Waals surface area (Å²) in [5, 5.41) is 7.62. The number of aromatic nitrogens is 1. The van der Waals surface area contributed by atoms with Crippen LogP contribution in [-0.2, 0) is 0 Å². The Balaban J connectivity index is 2.20. The minimum atomic E-state index is 0.494. The van der Waals surface area contributed by atoms with Crippen molar-refractivity contribution in [1.29, 1.82) is 5.53 Å². The van der Waals surface area contributed by atoms with Crippen molar-refractivity contribution in [3.05, 3.63) is 42.1 Å². The summed E-state index contributed by atoms with van der Waals surface area (Å²) in [4.78, 5) is 4.50. The molecule has 0 aliphatic rings. The molecule has 98 valence electrons. The normalized spacial score (nSPS) is 10.3. The van der Waals surface area contributed by atoms with E-state index < -0.39 is 0 Å². The van der Waals surface area contributed by atoms with Crippen molar-refractivity contribution < 1.29 is 0 Å². The molecule has 4 nitrogen and oxygen atoms in total. The van der Waals surface area contributed by atoms with Crippen LogP contribution in [0, 0.1) is 17.4 Å². The van der Waals surface area contributed by atoms with E-state index in [1.807, 2.05) is 43.3 Å². The first-order valence-corrected chi connectivity index (χ1v) is 6.48. The van der Waals surface area contributed by atoms with Crippen molar-refractivity contribution in [1.82, 2.24) is 10.2 Å². The second kappa shape index (κ2) is 7.20. The van der Waals surface area contributed by atoms with E-state index in [0.717, 1.165) is 17.3 Å². The Hall–Kier alpha value is -2.48. The molecule has 2 rings (SSSR count). The number of nitrogens with one attached hydrogen (secondary N) is 2. The van der Waals surface area contributed by atoms with Crippen molar-refractivity contribution in [2.75, 3.05) is 6.54 Å². The molecule has 0 atom stereocenters. The monoisotopic (exact) mass is 262 g/mol. The third-order valence-electron chi connectivity index (χ3n) is 2.71. The van der Waals surface area contributed by atoms with Crippen molar-refractivity contribution in [2.45, 2.75) is 13.3 Å². The van der Waals surface area contributed by atoms with Crippen LogP contribution in [0.3, 0.4) is 0 Å². The van der Waals surface area contributed by atoms with Gasteiger partial charge in [0.25, 0.3) is 0 Å². The third kappa shape index (κ3) is 3.52. The van der Waals surface area contributed by atoms with Gasteiger partial charge in [-0.2, -0.15) is 0 Å². The molecule has 0 spiro atoms. The zero-order valence-electron chi connectivity index (χ0n) is 11.4. The summed E-state index contributed by atoms with van der Waals surface area (Å²) in [5.41, 5.74) is 9.33. The molecule has 0 saturated heterocycles. The van der Waals surface area contributed by atoms with Gasteiger partial charge in [-0.05, 0) is 0 Å². The van der Waals surface area contributed by atoms with Gasteiger partial charge in [-0.1, -0.05) is 0 Å². The van der Waals surface area contributed by atoms with Gasteiger partial charge in [0.05, 0.1) is 0 Å². The van der Waals surface area contributed by atoms with Crippen molar-refractivity contribution >= 4 is 23.5 Å². The Labute approximate surface area is 119 Å². The van der Waals surface area contributed by atoms with Gasteiger partial charge >= 0.3 is 118 Å². The Bertz CT molecular complexity index is 698. The molecule has 0 bridgehead atoms. The molecule has 0 radical (unpaired) electrons. The number of fused-ring (bicyclic) bond motifs is 1. The van der Waals surface area contributed by atoms with E-state index in [1.165, 1.54) is 0 Å². The molecule has 2 aromatic rings. The molecule has 0 unspecified atom stereocenters. The van der Waals surface area contributed by atoms with Gasteiger partial charge in [-0.15, -0.1) is 0 Å². The fraction of sp³-hybridized carbons (Fsp3) is 0.200. The molecule has 0 aliphatic heterocycles. The topological polar surface area (TPSA) is 61.1 Å². The molecule has 5 heteroatoms. The Morgan fingerprint density at radius 2 is 2.15 bits per heavy atom. The summed E-state index contributed by atoms with van der Waals surface area (Å²) >= 11 is 0. The Morgan fingerprint density at radius 3 is 2.95 bits per heavy atom. The molecular formula is C15H15BN4. The van der Waals surface area contributed by atoms with Crippen LogP contribution >= 0.6 is 0 Å². The number of para-hydroxylation sites is 1. The van der Waals surface area contributed by atoms with E-state index in [-0.39, 0.29) is 0 Å². The number of pyridine rings is 1. The van der Waals surface area contributed by atoms with E-state index in [9.17, 15) is 0 Å². The average molecular weight is 262 g/mol. The maximum atomic E-state index is 7.26. The summed E-state index contributed by atoms with van der Waals surface area (Å²) < 4.78 is 0. The second-order valence-electron chi connectivity index (χ2n) is 4.12. The molecule has 0 aliphatic carbocycles. The molecule has 1 heterocycles. The molecule has 1 aromatic heterocycles. The number of hydrogen-bond donors (Lipinski definition) is 2. The fourth-order valence-corrected chi connectivity index (χ4v) is 1.76. The molecule has 0 fully saturated rings. The van der Waals surface area contributed by atoms with Gasteiger partial charge < -0.3 is 0 Å². The Morgan fingerprint density at radius 1 is 1.30 bits per heavy atom. The molecule has 20 heavy (non-hydrogen) atoms. The maximum absolute atomic E-state index is 7.26. The summed E-state index contributed by atoms with van der Waals surface area (Å²) in [6, 6.07) is 11.7. The SMILES string of the molecule is CCC#CCNB=C(N=N)c1ccc2ccccc2n1. The summed E-state index contributed by atoms with van der Waals surface area (Å²) in [6.07, 6.45) is 0.841.